The van der Waals surface area contributed by atoms with Crippen LogP contribution in [0.2, 0.25) is 0 Å². The second kappa shape index (κ2) is 7.14. The first-order chi connectivity index (χ1) is 8.93. The number of carbonyl (C=O) groups excluding carboxylic acids is 1. The summed E-state index contributed by atoms with van der Waals surface area (Å²) in [6, 6.07) is 7.51. The van der Waals surface area contributed by atoms with Crippen LogP contribution in [0.5, 0.6) is 0 Å². The number of benzene rings is 1. The van der Waals surface area contributed by atoms with E-state index >= 15 is 0 Å². The van der Waals surface area contributed by atoms with Crippen molar-refractivity contribution >= 4 is 11.7 Å². The van der Waals surface area contributed by atoms with E-state index in [4.69, 9.17) is 5.11 Å². The molecule has 0 aliphatic rings. The first kappa shape index (κ1) is 15.5. The second-order valence-corrected chi connectivity index (χ2v) is 5.33. The first-order valence-electron chi connectivity index (χ1n) is 6.72. The zero-order valence-corrected chi connectivity index (χ0v) is 12.1. The summed E-state index contributed by atoms with van der Waals surface area (Å²) in [5, 5.41) is 14.7. The average Bonchev–Trinajstić information content (AvgIpc) is 2.37. The van der Waals surface area contributed by atoms with Crippen LogP contribution in [0.4, 0.5) is 10.5 Å². The molecule has 106 valence electrons. The van der Waals surface area contributed by atoms with Crippen molar-refractivity contribution in [2.24, 2.45) is 5.92 Å². The Kier molecular flexibility index (Phi) is 5.83. The summed E-state index contributed by atoms with van der Waals surface area (Å²) >= 11 is 0. The fourth-order valence-corrected chi connectivity index (χ4v) is 1.65. The van der Waals surface area contributed by atoms with Crippen molar-refractivity contribution in [3.8, 4) is 0 Å². The van der Waals surface area contributed by atoms with Crippen LogP contribution in [-0.4, -0.2) is 23.8 Å². The maximum Gasteiger partial charge on any atom is 0.319 e. The molecular formula is C15H24N2O2. The molecule has 4 nitrogen and oxygen atoms in total. The summed E-state index contributed by atoms with van der Waals surface area (Å²) in [5.74, 6) is 0.464. The number of urea groups is 1. The van der Waals surface area contributed by atoms with E-state index in [9.17, 15) is 4.79 Å². The lowest BCUT2D eigenvalue weighted by Crippen LogP contribution is -2.40. The average molecular weight is 264 g/mol. The summed E-state index contributed by atoms with van der Waals surface area (Å²) in [6.45, 7) is 8.06. The number of aliphatic hydroxyl groups is 1. The minimum Gasteiger partial charge on any atom is -0.396 e. The van der Waals surface area contributed by atoms with Crippen LogP contribution >= 0.6 is 0 Å². The van der Waals surface area contributed by atoms with Gasteiger partial charge in [0.1, 0.15) is 0 Å². The van der Waals surface area contributed by atoms with Crippen LogP contribution in [0.1, 0.15) is 39.2 Å². The largest absolute Gasteiger partial charge is 0.396 e. The molecule has 1 aromatic carbocycles. The molecule has 2 unspecified atom stereocenters. The summed E-state index contributed by atoms with van der Waals surface area (Å²) in [4.78, 5) is 11.8. The molecule has 3 N–H and O–H groups in total. The van der Waals surface area contributed by atoms with E-state index in [0.717, 1.165) is 5.69 Å². The Morgan fingerprint density at radius 3 is 2.53 bits per heavy atom. The van der Waals surface area contributed by atoms with Gasteiger partial charge in [0.2, 0.25) is 0 Å². The molecule has 0 bridgehead atoms. The van der Waals surface area contributed by atoms with Gasteiger partial charge in [0, 0.05) is 18.3 Å². The Bertz CT molecular complexity index is 418. The predicted octanol–water partition coefficient (Wildman–Crippen LogP) is 2.95. The van der Waals surface area contributed by atoms with Gasteiger partial charge in [-0.05, 0) is 36.5 Å². The van der Waals surface area contributed by atoms with Crippen molar-refractivity contribution in [1.29, 1.82) is 0 Å². The van der Waals surface area contributed by atoms with Crippen molar-refractivity contribution in [2.75, 3.05) is 11.9 Å². The van der Waals surface area contributed by atoms with Crippen molar-refractivity contribution < 1.29 is 9.90 Å². The normalized spacial score (nSPS) is 14.0. The van der Waals surface area contributed by atoms with Gasteiger partial charge in [-0.1, -0.05) is 32.9 Å². The zero-order valence-electron chi connectivity index (χ0n) is 12.1. The molecule has 1 rings (SSSR count). The molecule has 1 aromatic rings. The van der Waals surface area contributed by atoms with Gasteiger partial charge in [-0.15, -0.1) is 0 Å². The van der Waals surface area contributed by atoms with Gasteiger partial charge in [0.15, 0.2) is 0 Å². The smallest absolute Gasteiger partial charge is 0.319 e. The number of carbonyl (C=O) groups is 1. The van der Waals surface area contributed by atoms with Gasteiger partial charge >= 0.3 is 6.03 Å². The highest BCUT2D eigenvalue weighted by molar-refractivity contribution is 5.89. The number of aliphatic hydroxyl groups excluding tert-OH is 1. The van der Waals surface area contributed by atoms with E-state index in [1.807, 2.05) is 38.1 Å². The number of anilines is 1. The van der Waals surface area contributed by atoms with Crippen molar-refractivity contribution in [1.82, 2.24) is 5.32 Å². The van der Waals surface area contributed by atoms with E-state index in [1.165, 1.54) is 5.56 Å². The molecular weight excluding hydrogens is 240 g/mol. The molecule has 0 radical (unpaired) electrons. The van der Waals surface area contributed by atoms with Crippen LogP contribution in [0.3, 0.4) is 0 Å². The molecule has 19 heavy (non-hydrogen) atoms. The van der Waals surface area contributed by atoms with Crippen molar-refractivity contribution in [3.05, 3.63) is 29.8 Å². The van der Waals surface area contributed by atoms with Gasteiger partial charge in [0.25, 0.3) is 0 Å². The van der Waals surface area contributed by atoms with Gasteiger partial charge in [-0.3, -0.25) is 0 Å². The van der Waals surface area contributed by atoms with E-state index in [1.54, 1.807) is 0 Å². The molecule has 0 aliphatic carbocycles. The number of rotatable bonds is 5. The Morgan fingerprint density at radius 2 is 1.95 bits per heavy atom. The Hall–Kier alpha value is -1.55. The lowest BCUT2D eigenvalue weighted by Gasteiger charge is -2.19. The lowest BCUT2D eigenvalue weighted by atomic mass is 10.0. The van der Waals surface area contributed by atoms with E-state index in [-0.39, 0.29) is 24.6 Å². The van der Waals surface area contributed by atoms with Crippen LogP contribution in [0.15, 0.2) is 24.3 Å². The molecule has 0 spiro atoms. The van der Waals surface area contributed by atoms with Gasteiger partial charge in [-0.2, -0.15) is 0 Å². The van der Waals surface area contributed by atoms with Crippen molar-refractivity contribution in [3.63, 3.8) is 0 Å². The minimum atomic E-state index is -0.242. The quantitative estimate of drug-likeness (QED) is 0.765. The summed E-state index contributed by atoms with van der Waals surface area (Å²) in [5.41, 5.74) is 1.97. The second-order valence-electron chi connectivity index (χ2n) is 5.33. The Labute approximate surface area is 115 Å². The number of amides is 2. The number of hydrogen-bond donors (Lipinski definition) is 3. The maximum absolute atomic E-state index is 11.8. The molecule has 0 fully saturated rings. The van der Waals surface area contributed by atoms with E-state index < -0.39 is 0 Å². The Morgan fingerprint density at radius 1 is 1.26 bits per heavy atom. The first-order valence-corrected chi connectivity index (χ1v) is 6.72. The van der Waals surface area contributed by atoms with E-state index in [2.05, 4.69) is 24.5 Å². The molecule has 0 saturated heterocycles. The SMILES string of the molecule is CC(C)c1cccc(NC(=O)NC(C)C(C)CO)c1. The van der Waals surface area contributed by atoms with Gasteiger partial charge in [0.05, 0.1) is 0 Å². The van der Waals surface area contributed by atoms with Crippen LogP contribution < -0.4 is 10.6 Å². The maximum atomic E-state index is 11.8. The molecule has 0 aliphatic heterocycles. The molecule has 2 atom stereocenters. The van der Waals surface area contributed by atoms with Crippen molar-refractivity contribution in [2.45, 2.75) is 39.7 Å². The standard InChI is InChI=1S/C15H24N2O2/c1-10(2)13-6-5-7-14(8-13)17-15(19)16-12(4)11(3)9-18/h5-8,10-12,18H,9H2,1-4H3,(H2,16,17,19). The summed E-state index contributed by atoms with van der Waals surface area (Å²) < 4.78 is 0. The highest BCUT2D eigenvalue weighted by Gasteiger charge is 2.13. The van der Waals surface area contributed by atoms with Gasteiger partial charge < -0.3 is 15.7 Å². The summed E-state index contributed by atoms with van der Waals surface area (Å²) in [6.07, 6.45) is 0. The molecule has 4 heteroatoms. The highest BCUT2D eigenvalue weighted by atomic mass is 16.3. The predicted molar refractivity (Wildman–Crippen MR) is 78.4 cm³/mol. The minimum absolute atomic E-state index is 0.0350. The lowest BCUT2D eigenvalue weighted by molar-refractivity contribution is 0.204. The molecule has 0 saturated carbocycles. The third-order valence-corrected chi connectivity index (χ3v) is 3.31. The third-order valence-electron chi connectivity index (χ3n) is 3.31. The topological polar surface area (TPSA) is 61.4 Å². The number of hydrogen-bond acceptors (Lipinski definition) is 2. The van der Waals surface area contributed by atoms with Crippen LogP contribution in [0, 0.1) is 5.92 Å². The van der Waals surface area contributed by atoms with Gasteiger partial charge in [-0.25, -0.2) is 4.79 Å². The molecule has 2 amide bonds. The monoisotopic (exact) mass is 264 g/mol. The van der Waals surface area contributed by atoms with E-state index in [0.29, 0.717) is 5.92 Å². The Balaban J connectivity index is 2.59. The zero-order chi connectivity index (χ0) is 14.4. The molecule has 0 aromatic heterocycles. The van der Waals surface area contributed by atoms with Crippen LogP contribution in [0.25, 0.3) is 0 Å². The fraction of sp³-hybridized carbons (Fsp3) is 0.533. The van der Waals surface area contributed by atoms with Crippen LogP contribution in [-0.2, 0) is 0 Å². The third kappa shape index (κ3) is 4.91. The highest BCUT2D eigenvalue weighted by Crippen LogP contribution is 2.18. The number of nitrogens with one attached hydrogen (secondary N) is 2. The molecule has 0 heterocycles. The summed E-state index contributed by atoms with van der Waals surface area (Å²) in [7, 11) is 0. The fourth-order valence-electron chi connectivity index (χ4n) is 1.65.